The van der Waals surface area contributed by atoms with Crippen LogP contribution in [0.5, 0.6) is 0 Å². The van der Waals surface area contributed by atoms with Gasteiger partial charge in [-0.3, -0.25) is 4.89 Å². The molecular weight excluding hydrogens is 208 g/mol. The van der Waals surface area contributed by atoms with E-state index >= 15 is 0 Å². The van der Waals surface area contributed by atoms with E-state index in [0.717, 1.165) is 5.56 Å². The molecule has 0 aliphatic rings. The Morgan fingerprint density at radius 3 is 2.44 bits per heavy atom. The second kappa shape index (κ2) is 5.51. The van der Waals surface area contributed by atoms with Crippen molar-refractivity contribution in [1.82, 2.24) is 0 Å². The van der Waals surface area contributed by atoms with E-state index in [1.165, 1.54) is 0 Å². The second-order valence-electron chi connectivity index (χ2n) is 3.73. The molecular formula is C12H16O4. The molecule has 0 N–H and O–H groups in total. The lowest BCUT2D eigenvalue weighted by Gasteiger charge is -2.22. The number of benzene rings is 1. The van der Waals surface area contributed by atoms with Crippen LogP contribution in [0.1, 0.15) is 26.3 Å². The number of rotatable bonds is 4. The highest BCUT2D eigenvalue weighted by Crippen LogP contribution is 2.24. The lowest BCUT2D eigenvalue weighted by Crippen LogP contribution is -2.24. The zero-order valence-electron chi connectivity index (χ0n) is 9.73. The first-order valence-corrected chi connectivity index (χ1v) is 5.14. The zero-order valence-corrected chi connectivity index (χ0v) is 9.73. The predicted molar refractivity (Wildman–Crippen MR) is 58.7 cm³/mol. The molecule has 88 valence electrons. The van der Waals surface area contributed by atoms with Crippen molar-refractivity contribution in [2.45, 2.75) is 26.4 Å². The molecule has 0 saturated heterocycles. The van der Waals surface area contributed by atoms with Gasteiger partial charge in [0, 0.05) is 0 Å². The fraction of sp³-hybridized carbons (Fsp3) is 0.417. The van der Waals surface area contributed by atoms with Crippen molar-refractivity contribution in [2.24, 2.45) is 0 Å². The molecule has 16 heavy (non-hydrogen) atoms. The number of ether oxygens (including phenoxy) is 1. The fourth-order valence-electron chi connectivity index (χ4n) is 1.17. The summed E-state index contributed by atoms with van der Waals surface area (Å²) < 4.78 is 4.59. The molecule has 1 rings (SSSR count). The maximum absolute atomic E-state index is 11.0. The number of hydrogen-bond donors (Lipinski definition) is 0. The van der Waals surface area contributed by atoms with E-state index in [-0.39, 0.29) is 6.61 Å². The summed E-state index contributed by atoms with van der Waals surface area (Å²) in [5.74, 6) is 0. The molecule has 0 radical (unpaired) electrons. The molecule has 0 bridgehead atoms. The number of carbonyl (C=O) groups is 1. The molecule has 0 amide bonds. The van der Waals surface area contributed by atoms with Crippen molar-refractivity contribution in [2.75, 3.05) is 6.61 Å². The molecule has 0 unspecified atom stereocenters. The van der Waals surface area contributed by atoms with Crippen LogP contribution in [-0.4, -0.2) is 12.8 Å². The Morgan fingerprint density at radius 1 is 1.25 bits per heavy atom. The number of hydrogen-bond acceptors (Lipinski definition) is 4. The van der Waals surface area contributed by atoms with Gasteiger partial charge in [-0.05, 0) is 26.3 Å². The third kappa shape index (κ3) is 3.55. The van der Waals surface area contributed by atoms with Crippen LogP contribution in [0, 0.1) is 0 Å². The predicted octanol–water partition coefficient (Wildman–Crippen LogP) is 3.03. The minimum Gasteiger partial charge on any atom is -0.433 e. The van der Waals surface area contributed by atoms with Gasteiger partial charge in [-0.1, -0.05) is 30.3 Å². The van der Waals surface area contributed by atoms with Crippen molar-refractivity contribution in [1.29, 1.82) is 0 Å². The van der Waals surface area contributed by atoms with Crippen LogP contribution in [0.4, 0.5) is 4.79 Å². The summed E-state index contributed by atoms with van der Waals surface area (Å²) in [7, 11) is 0. The Labute approximate surface area is 95.1 Å². The average Bonchev–Trinajstić information content (AvgIpc) is 2.28. The van der Waals surface area contributed by atoms with Crippen LogP contribution in [0.25, 0.3) is 0 Å². The quantitative estimate of drug-likeness (QED) is 0.448. The monoisotopic (exact) mass is 224 g/mol. The average molecular weight is 224 g/mol. The van der Waals surface area contributed by atoms with E-state index in [0.29, 0.717) is 0 Å². The summed E-state index contributed by atoms with van der Waals surface area (Å²) in [4.78, 5) is 20.5. The molecule has 0 aliphatic carbocycles. The minimum absolute atomic E-state index is 0.258. The van der Waals surface area contributed by atoms with Gasteiger partial charge in [0.1, 0.15) is 5.60 Å². The van der Waals surface area contributed by atoms with Crippen molar-refractivity contribution in [3.63, 3.8) is 0 Å². The van der Waals surface area contributed by atoms with Gasteiger partial charge in [0.15, 0.2) is 0 Å². The summed E-state index contributed by atoms with van der Waals surface area (Å²) in [5, 5.41) is 0. The molecule has 0 spiro atoms. The molecule has 0 saturated carbocycles. The Hall–Kier alpha value is -1.55. The molecule has 0 aliphatic heterocycles. The summed E-state index contributed by atoms with van der Waals surface area (Å²) in [6, 6.07) is 9.49. The van der Waals surface area contributed by atoms with Gasteiger partial charge in [-0.15, -0.1) is 0 Å². The molecule has 0 aromatic heterocycles. The Balaban J connectivity index is 2.55. The van der Waals surface area contributed by atoms with Crippen LogP contribution in [0.15, 0.2) is 30.3 Å². The van der Waals surface area contributed by atoms with Crippen LogP contribution >= 0.6 is 0 Å². The Bertz CT molecular complexity index is 332. The van der Waals surface area contributed by atoms with E-state index in [2.05, 4.69) is 9.62 Å². The molecule has 0 heterocycles. The highest BCUT2D eigenvalue weighted by atomic mass is 17.2. The maximum atomic E-state index is 11.0. The van der Waals surface area contributed by atoms with Crippen molar-refractivity contribution >= 4 is 6.16 Å². The molecule has 1 aromatic carbocycles. The van der Waals surface area contributed by atoms with Gasteiger partial charge in [0.05, 0.1) is 6.61 Å². The van der Waals surface area contributed by atoms with E-state index in [4.69, 9.17) is 4.89 Å². The van der Waals surface area contributed by atoms with Gasteiger partial charge in [-0.2, -0.15) is 4.89 Å². The highest BCUT2D eigenvalue weighted by molar-refractivity contribution is 5.58. The third-order valence-corrected chi connectivity index (χ3v) is 2.05. The van der Waals surface area contributed by atoms with Gasteiger partial charge in [0.2, 0.25) is 0 Å². The first-order valence-electron chi connectivity index (χ1n) is 5.14. The molecule has 4 nitrogen and oxygen atoms in total. The van der Waals surface area contributed by atoms with E-state index < -0.39 is 11.8 Å². The second-order valence-corrected chi connectivity index (χ2v) is 3.73. The van der Waals surface area contributed by atoms with Gasteiger partial charge < -0.3 is 4.74 Å². The standard InChI is InChI=1S/C12H16O4/c1-4-14-11(13)15-16-12(2,3)10-8-6-5-7-9-10/h5-9H,4H2,1-3H3. The smallest absolute Gasteiger partial charge is 0.433 e. The topological polar surface area (TPSA) is 44.8 Å². The molecule has 4 heteroatoms. The first kappa shape index (κ1) is 12.5. The van der Waals surface area contributed by atoms with E-state index in [9.17, 15) is 4.79 Å². The Kier molecular flexibility index (Phi) is 4.31. The van der Waals surface area contributed by atoms with Crippen LogP contribution < -0.4 is 0 Å². The zero-order chi connectivity index (χ0) is 12.0. The molecule has 0 atom stereocenters. The van der Waals surface area contributed by atoms with Crippen molar-refractivity contribution < 1.29 is 19.3 Å². The van der Waals surface area contributed by atoms with Gasteiger partial charge in [-0.25, -0.2) is 4.79 Å². The fourth-order valence-corrected chi connectivity index (χ4v) is 1.17. The minimum atomic E-state index is -0.827. The highest BCUT2D eigenvalue weighted by Gasteiger charge is 2.24. The normalized spacial score (nSPS) is 10.9. The summed E-state index contributed by atoms with van der Waals surface area (Å²) in [6.45, 7) is 5.57. The molecule has 1 aromatic rings. The summed E-state index contributed by atoms with van der Waals surface area (Å²) in [5.41, 5.74) is 0.216. The third-order valence-electron chi connectivity index (χ3n) is 2.05. The summed E-state index contributed by atoms with van der Waals surface area (Å²) in [6.07, 6.45) is -0.827. The maximum Gasteiger partial charge on any atom is 0.540 e. The van der Waals surface area contributed by atoms with Gasteiger partial charge >= 0.3 is 6.16 Å². The number of carbonyl (C=O) groups excluding carboxylic acids is 1. The SMILES string of the molecule is CCOC(=O)OOC(C)(C)c1ccccc1. The first-order chi connectivity index (χ1) is 7.56. The van der Waals surface area contributed by atoms with Crippen LogP contribution in [0.2, 0.25) is 0 Å². The summed E-state index contributed by atoms with van der Waals surface area (Å²) >= 11 is 0. The van der Waals surface area contributed by atoms with E-state index in [1.807, 2.05) is 44.2 Å². The van der Waals surface area contributed by atoms with Crippen molar-refractivity contribution in [3.8, 4) is 0 Å². The lowest BCUT2D eigenvalue weighted by molar-refractivity contribution is -0.322. The van der Waals surface area contributed by atoms with Crippen LogP contribution in [0.3, 0.4) is 0 Å². The van der Waals surface area contributed by atoms with E-state index in [1.54, 1.807) is 6.92 Å². The van der Waals surface area contributed by atoms with Crippen molar-refractivity contribution in [3.05, 3.63) is 35.9 Å². The lowest BCUT2D eigenvalue weighted by atomic mass is 9.99. The molecule has 0 fully saturated rings. The Morgan fingerprint density at radius 2 is 1.88 bits per heavy atom. The largest absolute Gasteiger partial charge is 0.540 e. The van der Waals surface area contributed by atoms with Gasteiger partial charge in [0.25, 0.3) is 0 Å². The van der Waals surface area contributed by atoms with Crippen LogP contribution in [-0.2, 0) is 20.1 Å².